The summed E-state index contributed by atoms with van der Waals surface area (Å²) in [5, 5.41) is 0.475. The lowest BCUT2D eigenvalue weighted by Gasteiger charge is -2.03. The summed E-state index contributed by atoms with van der Waals surface area (Å²) < 4.78 is 12.0. The van der Waals surface area contributed by atoms with Gasteiger partial charge < -0.3 is 14.1 Å². The van der Waals surface area contributed by atoms with E-state index in [2.05, 4.69) is 25.9 Å². The maximum atomic E-state index is 12.4. The van der Waals surface area contributed by atoms with Crippen molar-refractivity contribution in [2.45, 2.75) is 0 Å². The third-order valence-electron chi connectivity index (χ3n) is 3.88. The van der Waals surface area contributed by atoms with Gasteiger partial charge in [0.05, 0.1) is 18.0 Å². The highest BCUT2D eigenvalue weighted by Crippen LogP contribution is 2.28. The second-order valence-corrected chi connectivity index (χ2v) is 6.38. The van der Waals surface area contributed by atoms with Gasteiger partial charge in [-0.1, -0.05) is 28.1 Å². The lowest BCUT2D eigenvalue weighted by Crippen LogP contribution is -2.09. The molecule has 2 aromatic heterocycles. The summed E-state index contributed by atoms with van der Waals surface area (Å²) in [6, 6.07) is 16.6. The van der Waals surface area contributed by atoms with E-state index in [4.69, 9.17) is 9.15 Å². The van der Waals surface area contributed by atoms with Crippen LogP contribution in [-0.2, 0) is 0 Å². The van der Waals surface area contributed by atoms with E-state index in [0.29, 0.717) is 34.0 Å². The Hall–Kier alpha value is -2.86. The van der Waals surface area contributed by atoms with Crippen LogP contribution in [0.15, 0.2) is 68.3 Å². The van der Waals surface area contributed by atoms with Gasteiger partial charge in [-0.25, -0.2) is 4.98 Å². The van der Waals surface area contributed by atoms with Crippen LogP contribution in [0.2, 0.25) is 0 Å². The van der Waals surface area contributed by atoms with Crippen molar-refractivity contribution in [1.82, 2.24) is 9.97 Å². The molecule has 0 atom stereocenters. The molecule has 0 unspecified atom stereocenters. The number of aromatic amines is 1. The van der Waals surface area contributed by atoms with Crippen LogP contribution in [0.1, 0.15) is 0 Å². The molecule has 2 aromatic carbocycles. The molecule has 0 aliphatic heterocycles. The number of halogens is 1. The third-order valence-corrected chi connectivity index (χ3v) is 4.41. The fourth-order valence-corrected chi connectivity index (χ4v) is 2.86. The van der Waals surface area contributed by atoms with E-state index in [9.17, 15) is 4.79 Å². The van der Waals surface area contributed by atoms with E-state index in [1.807, 2.05) is 30.3 Å². The zero-order chi connectivity index (χ0) is 17.4. The van der Waals surface area contributed by atoms with Crippen LogP contribution in [-0.4, -0.2) is 17.1 Å². The molecule has 2 heterocycles. The van der Waals surface area contributed by atoms with Gasteiger partial charge in [0.25, 0.3) is 5.56 Å². The van der Waals surface area contributed by atoms with Crippen LogP contribution in [0.3, 0.4) is 0 Å². The SMILES string of the molecule is COc1ccc2nc(-c3ccc(-c4ccc(Br)cc4)o3)[nH]c(=O)c2c1. The van der Waals surface area contributed by atoms with E-state index < -0.39 is 0 Å². The van der Waals surface area contributed by atoms with Gasteiger partial charge >= 0.3 is 0 Å². The average Bonchev–Trinajstić information content (AvgIpc) is 3.12. The predicted molar refractivity (Wildman–Crippen MR) is 99.8 cm³/mol. The van der Waals surface area contributed by atoms with Crippen molar-refractivity contribution >= 4 is 26.8 Å². The minimum absolute atomic E-state index is 0.236. The zero-order valence-electron chi connectivity index (χ0n) is 13.2. The summed E-state index contributed by atoms with van der Waals surface area (Å²) in [7, 11) is 1.56. The molecule has 0 fully saturated rings. The predicted octanol–water partition coefficient (Wildman–Crippen LogP) is 4.62. The van der Waals surface area contributed by atoms with Gasteiger partial charge in [-0.2, -0.15) is 0 Å². The normalized spacial score (nSPS) is 11.0. The molecule has 0 radical (unpaired) electrons. The number of benzene rings is 2. The summed E-state index contributed by atoms with van der Waals surface area (Å²) in [6.07, 6.45) is 0. The number of nitrogens with one attached hydrogen (secondary N) is 1. The number of H-pyrrole nitrogens is 1. The van der Waals surface area contributed by atoms with Crippen molar-refractivity contribution in [3.8, 4) is 28.7 Å². The molecule has 0 bridgehead atoms. The molecule has 25 heavy (non-hydrogen) atoms. The first-order valence-electron chi connectivity index (χ1n) is 7.58. The first kappa shape index (κ1) is 15.7. The monoisotopic (exact) mass is 396 g/mol. The highest BCUT2D eigenvalue weighted by molar-refractivity contribution is 9.10. The number of fused-ring (bicyclic) bond motifs is 1. The maximum absolute atomic E-state index is 12.4. The van der Waals surface area contributed by atoms with Gasteiger partial charge in [-0.05, 0) is 42.5 Å². The lowest BCUT2D eigenvalue weighted by molar-refractivity contribution is 0.415. The highest BCUT2D eigenvalue weighted by Gasteiger charge is 2.11. The molecule has 6 heteroatoms. The van der Waals surface area contributed by atoms with E-state index in [1.165, 1.54) is 0 Å². The molecule has 5 nitrogen and oxygen atoms in total. The van der Waals surface area contributed by atoms with Crippen LogP contribution in [0.25, 0.3) is 33.8 Å². The average molecular weight is 397 g/mol. The molecule has 124 valence electrons. The molecule has 0 aliphatic carbocycles. The van der Waals surface area contributed by atoms with Crippen LogP contribution < -0.4 is 10.3 Å². The Morgan fingerprint density at radius 1 is 1.04 bits per heavy atom. The van der Waals surface area contributed by atoms with Crippen molar-refractivity contribution in [3.05, 3.63) is 69.4 Å². The molecule has 0 saturated carbocycles. The van der Waals surface area contributed by atoms with Crippen LogP contribution in [0, 0.1) is 0 Å². The van der Waals surface area contributed by atoms with Crippen LogP contribution in [0.5, 0.6) is 5.75 Å². The van der Waals surface area contributed by atoms with E-state index in [-0.39, 0.29) is 5.56 Å². The Balaban J connectivity index is 1.77. The van der Waals surface area contributed by atoms with Crippen molar-refractivity contribution in [2.75, 3.05) is 7.11 Å². The largest absolute Gasteiger partial charge is 0.497 e. The number of methoxy groups -OCH3 is 1. The van der Waals surface area contributed by atoms with Crippen molar-refractivity contribution in [3.63, 3.8) is 0 Å². The Labute approximate surface area is 151 Å². The lowest BCUT2D eigenvalue weighted by atomic mass is 10.2. The van der Waals surface area contributed by atoms with Gasteiger partial charge in [0.15, 0.2) is 11.6 Å². The Kier molecular flexibility index (Phi) is 3.89. The number of nitrogens with zero attached hydrogens (tertiary/aromatic N) is 1. The molecular weight excluding hydrogens is 384 g/mol. The van der Waals surface area contributed by atoms with E-state index in [1.54, 1.807) is 31.4 Å². The molecule has 0 amide bonds. The minimum atomic E-state index is -0.236. The molecule has 1 N–H and O–H groups in total. The van der Waals surface area contributed by atoms with Gasteiger partial charge in [-0.3, -0.25) is 4.79 Å². The first-order valence-corrected chi connectivity index (χ1v) is 8.37. The van der Waals surface area contributed by atoms with Gasteiger partial charge in [-0.15, -0.1) is 0 Å². The fraction of sp³-hybridized carbons (Fsp3) is 0.0526. The zero-order valence-corrected chi connectivity index (χ0v) is 14.8. The topological polar surface area (TPSA) is 68.1 Å². The smallest absolute Gasteiger partial charge is 0.259 e. The van der Waals surface area contributed by atoms with Crippen molar-refractivity contribution < 1.29 is 9.15 Å². The van der Waals surface area contributed by atoms with Crippen molar-refractivity contribution in [1.29, 1.82) is 0 Å². The molecule has 4 aromatic rings. The molecule has 0 saturated heterocycles. The standard InChI is InChI=1S/C19H13BrN2O3/c1-24-13-6-7-15-14(10-13)19(23)22-18(21-15)17-9-8-16(25-17)11-2-4-12(20)5-3-11/h2-10H,1H3,(H,21,22,23). The molecule has 4 rings (SSSR count). The number of furan rings is 1. The van der Waals surface area contributed by atoms with Gasteiger partial charge in [0.2, 0.25) is 0 Å². The Morgan fingerprint density at radius 2 is 1.80 bits per heavy atom. The van der Waals surface area contributed by atoms with E-state index in [0.717, 1.165) is 10.0 Å². The van der Waals surface area contributed by atoms with Gasteiger partial charge in [0.1, 0.15) is 11.5 Å². The number of hydrogen-bond acceptors (Lipinski definition) is 4. The summed E-state index contributed by atoms with van der Waals surface area (Å²) >= 11 is 3.41. The third kappa shape index (κ3) is 2.96. The second-order valence-electron chi connectivity index (χ2n) is 5.47. The van der Waals surface area contributed by atoms with Gasteiger partial charge in [0, 0.05) is 10.0 Å². The number of aromatic nitrogens is 2. The first-order chi connectivity index (χ1) is 12.1. The number of rotatable bonds is 3. The quantitative estimate of drug-likeness (QED) is 0.548. The second kappa shape index (κ2) is 6.22. The van der Waals surface area contributed by atoms with E-state index >= 15 is 0 Å². The summed E-state index contributed by atoms with van der Waals surface area (Å²) in [5.41, 5.74) is 1.30. The fourth-order valence-electron chi connectivity index (χ4n) is 2.60. The Bertz CT molecular complexity index is 1110. The van der Waals surface area contributed by atoms with Crippen molar-refractivity contribution in [2.24, 2.45) is 0 Å². The highest BCUT2D eigenvalue weighted by atomic mass is 79.9. The Morgan fingerprint density at radius 3 is 2.56 bits per heavy atom. The molecule has 0 aliphatic rings. The number of ether oxygens (including phenoxy) is 1. The van der Waals surface area contributed by atoms with Crippen LogP contribution in [0.4, 0.5) is 0 Å². The minimum Gasteiger partial charge on any atom is -0.497 e. The molecular formula is C19H13BrN2O3. The maximum Gasteiger partial charge on any atom is 0.259 e. The molecule has 0 spiro atoms. The summed E-state index contributed by atoms with van der Waals surface area (Å²) in [6.45, 7) is 0. The summed E-state index contributed by atoms with van der Waals surface area (Å²) in [5.74, 6) is 2.22. The number of hydrogen-bond donors (Lipinski definition) is 1. The van der Waals surface area contributed by atoms with Crippen LogP contribution >= 0.6 is 15.9 Å². The summed E-state index contributed by atoms with van der Waals surface area (Å²) in [4.78, 5) is 19.6.